The van der Waals surface area contributed by atoms with Crippen molar-refractivity contribution in [1.82, 2.24) is 10.2 Å². The predicted molar refractivity (Wildman–Crippen MR) is 61.5 cm³/mol. The Balaban J connectivity index is 1.97. The first-order chi connectivity index (χ1) is 7.74. The Hall–Kier alpha value is -1.95. The fourth-order valence-electron chi connectivity index (χ4n) is 1.23. The van der Waals surface area contributed by atoms with E-state index in [0.29, 0.717) is 5.13 Å². The van der Waals surface area contributed by atoms with E-state index < -0.39 is 0 Å². The van der Waals surface area contributed by atoms with Crippen LogP contribution >= 0.6 is 11.3 Å². The number of amides is 1. The zero-order valence-electron chi connectivity index (χ0n) is 8.27. The van der Waals surface area contributed by atoms with Crippen molar-refractivity contribution in [2.75, 3.05) is 5.32 Å². The molecule has 0 unspecified atom stereocenters. The normalized spacial score (nSPS) is 10.0. The summed E-state index contributed by atoms with van der Waals surface area (Å²) in [5, 5.41) is 8.73. The molecule has 0 aliphatic carbocycles. The lowest BCUT2D eigenvalue weighted by Crippen LogP contribution is -2.14. The van der Waals surface area contributed by atoms with Crippen LogP contribution in [0.25, 0.3) is 0 Å². The van der Waals surface area contributed by atoms with Crippen molar-refractivity contribution in [3.8, 4) is 0 Å². The van der Waals surface area contributed by atoms with Crippen LogP contribution < -0.4 is 10.2 Å². The SMILES string of the molecule is O=C(Cc1ccccc1)Nc1n[nH]c(=O)s1. The number of carbonyl (C=O) groups excluding carboxylic acids is 1. The number of nitrogens with one attached hydrogen (secondary N) is 2. The number of benzene rings is 1. The van der Waals surface area contributed by atoms with Gasteiger partial charge in [-0.25, -0.2) is 5.10 Å². The smallest absolute Gasteiger partial charge is 0.300 e. The Labute approximate surface area is 95.1 Å². The predicted octanol–water partition coefficient (Wildman–Crippen LogP) is 1.01. The van der Waals surface area contributed by atoms with Crippen molar-refractivity contribution in [1.29, 1.82) is 0 Å². The molecule has 0 saturated carbocycles. The maximum Gasteiger partial charge on any atom is 0.324 e. The molecule has 0 saturated heterocycles. The van der Waals surface area contributed by atoms with Gasteiger partial charge in [-0.1, -0.05) is 30.3 Å². The number of carbonyl (C=O) groups is 1. The average molecular weight is 235 g/mol. The third-order valence-electron chi connectivity index (χ3n) is 1.89. The fraction of sp³-hybridized carbons (Fsp3) is 0.100. The van der Waals surface area contributed by atoms with Crippen LogP contribution in [0.1, 0.15) is 5.56 Å². The first-order valence-corrected chi connectivity index (χ1v) is 5.45. The van der Waals surface area contributed by atoms with Gasteiger partial charge in [0.05, 0.1) is 6.42 Å². The van der Waals surface area contributed by atoms with Gasteiger partial charge in [0.25, 0.3) is 0 Å². The summed E-state index contributed by atoms with van der Waals surface area (Å²) >= 11 is 0.872. The zero-order chi connectivity index (χ0) is 11.4. The summed E-state index contributed by atoms with van der Waals surface area (Å²) < 4.78 is 0. The minimum Gasteiger partial charge on any atom is -0.300 e. The number of rotatable bonds is 3. The molecule has 2 rings (SSSR count). The van der Waals surface area contributed by atoms with Gasteiger partial charge in [0.2, 0.25) is 11.0 Å². The van der Waals surface area contributed by atoms with Gasteiger partial charge >= 0.3 is 4.87 Å². The first-order valence-electron chi connectivity index (χ1n) is 4.63. The quantitative estimate of drug-likeness (QED) is 0.833. The van der Waals surface area contributed by atoms with Crippen molar-refractivity contribution in [3.05, 3.63) is 45.6 Å². The fourth-order valence-corrected chi connectivity index (χ4v) is 1.75. The van der Waals surface area contributed by atoms with E-state index in [9.17, 15) is 9.59 Å². The van der Waals surface area contributed by atoms with Gasteiger partial charge in [-0.2, -0.15) is 0 Å². The Kier molecular flexibility index (Phi) is 3.11. The molecule has 0 bridgehead atoms. The summed E-state index contributed by atoms with van der Waals surface area (Å²) in [6.07, 6.45) is 0.272. The maximum atomic E-state index is 11.5. The third-order valence-corrected chi connectivity index (χ3v) is 2.56. The molecule has 0 aliphatic heterocycles. The van der Waals surface area contributed by atoms with Gasteiger partial charge in [-0.05, 0) is 16.9 Å². The van der Waals surface area contributed by atoms with Crippen LogP contribution in [0.5, 0.6) is 0 Å². The van der Waals surface area contributed by atoms with E-state index >= 15 is 0 Å². The molecule has 2 aromatic rings. The van der Waals surface area contributed by atoms with Gasteiger partial charge in [0.15, 0.2) is 0 Å². The van der Waals surface area contributed by atoms with Crippen molar-refractivity contribution in [2.24, 2.45) is 0 Å². The first kappa shape index (κ1) is 10.6. The number of H-pyrrole nitrogens is 1. The molecule has 1 aromatic carbocycles. The molecule has 1 aromatic heterocycles. The largest absolute Gasteiger partial charge is 0.324 e. The molecule has 0 atom stereocenters. The molecule has 0 spiro atoms. The number of hydrogen-bond acceptors (Lipinski definition) is 4. The van der Waals surface area contributed by atoms with E-state index in [-0.39, 0.29) is 17.2 Å². The molecule has 1 heterocycles. The van der Waals surface area contributed by atoms with Crippen LogP contribution in [0.3, 0.4) is 0 Å². The highest BCUT2D eigenvalue weighted by atomic mass is 32.1. The molecule has 5 nitrogen and oxygen atoms in total. The zero-order valence-corrected chi connectivity index (χ0v) is 9.08. The van der Waals surface area contributed by atoms with Crippen molar-refractivity contribution in [2.45, 2.75) is 6.42 Å². The highest BCUT2D eigenvalue weighted by Crippen LogP contribution is 2.05. The summed E-state index contributed by atoms with van der Waals surface area (Å²) in [6, 6.07) is 9.37. The van der Waals surface area contributed by atoms with Crippen LogP contribution in [0.2, 0.25) is 0 Å². The monoisotopic (exact) mass is 235 g/mol. The molecule has 1 amide bonds. The summed E-state index contributed by atoms with van der Waals surface area (Å²) in [6.45, 7) is 0. The number of hydrogen-bond donors (Lipinski definition) is 2. The summed E-state index contributed by atoms with van der Waals surface area (Å²) in [7, 11) is 0. The van der Waals surface area contributed by atoms with Crippen molar-refractivity contribution >= 4 is 22.4 Å². The lowest BCUT2D eigenvalue weighted by molar-refractivity contribution is -0.115. The third kappa shape index (κ3) is 2.77. The van der Waals surface area contributed by atoms with Gasteiger partial charge in [0, 0.05) is 0 Å². The molecule has 0 radical (unpaired) electrons. The number of aromatic nitrogens is 2. The van der Waals surface area contributed by atoms with Crippen LogP contribution in [0.15, 0.2) is 35.1 Å². The van der Waals surface area contributed by atoms with Crippen molar-refractivity contribution in [3.63, 3.8) is 0 Å². The second-order valence-corrected chi connectivity index (χ2v) is 4.09. The topological polar surface area (TPSA) is 74.8 Å². The van der Waals surface area contributed by atoms with E-state index in [1.807, 2.05) is 30.3 Å². The number of nitrogens with zero attached hydrogens (tertiary/aromatic N) is 1. The Bertz CT molecular complexity index is 532. The molecule has 2 N–H and O–H groups in total. The van der Waals surface area contributed by atoms with Crippen LogP contribution in [0, 0.1) is 0 Å². The Morgan fingerprint density at radius 3 is 2.75 bits per heavy atom. The standard InChI is InChI=1S/C10H9N3O2S/c14-8(6-7-4-2-1-3-5-7)11-9-12-13-10(15)16-9/h1-5H,6H2,(H,13,15)(H,11,12,14). The van der Waals surface area contributed by atoms with E-state index in [1.165, 1.54) is 0 Å². The second kappa shape index (κ2) is 4.71. The summed E-state index contributed by atoms with van der Waals surface area (Å²) in [4.78, 5) is 22.0. The highest BCUT2D eigenvalue weighted by Gasteiger charge is 2.06. The molecular formula is C10H9N3O2S. The van der Waals surface area contributed by atoms with Crippen LogP contribution in [0.4, 0.5) is 5.13 Å². The maximum absolute atomic E-state index is 11.5. The van der Waals surface area contributed by atoms with Crippen LogP contribution in [-0.4, -0.2) is 16.1 Å². The number of aromatic amines is 1. The van der Waals surface area contributed by atoms with Gasteiger partial charge in [0.1, 0.15) is 0 Å². The molecule has 6 heteroatoms. The van der Waals surface area contributed by atoms with E-state index in [4.69, 9.17) is 0 Å². The molecular weight excluding hydrogens is 226 g/mol. The second-order valence-electron chi connectivity index (χ2n) is 3.13. The average Bonchev–Trinajstić information content (AvgIpc) is 2.65. The molecule has 16 heavy (non-hydrogen) atoms. The van der Waals surface area contributed by atoms with E-state index in [2.05, 4.69) is 15.5 Å². The summed E-state index contributed by atoms with van der Waals surface area (Å²) in [5.41, 5.74) is 0.919. The lowest BCUT2D eigenvalue weighted by atomic mass is 10.1. The molecule has 82 valence electrons. The van der Waals surface area contributed by atoms with E-state index in [1.54, 1.807) is 0 Å². The Morgan fingerprint density at radius 1 is 1.38 bits per heavy atom. The van der Waals surface area contributed by atoms with Gasteiger partial charge in [-0.3, -0.25) is 9.59 Å². The highest BCUT2D eigenvalue weighted by molar-refractivity contribution is 7.13. The van der Waals surface area contributed by atoms with Crippen LogP contribution in [-0.2, 0) is 11.2 Å². The molecule has 0 fully saturated rings. The lowest BCUT2D eigenvalue weighted by Gasteiger charge is -2.00. The summed E-state index contributed by atoms with van der Waals surface area (Å²) in [5.74, 6) is -0.186. The van der Waals surface area contributed by atoms with E-state index in [0.717, 1.165) is 16.9 Å². The minimum absolute atomic E-state index is 0.186. The minimum atomic E-state index is -0.282. The Morgan fingerprint density at radius 2 is 2.12 bits per heavy atom. The van der Waals surface area contributed by atoms with Gasteiger partial charge < -0.3 is 5.32 Å². The van der Waals surface area contributed by atoms with Crippen molar-refractivity contribution < 1.29 is 4.79 Å². The van der Waals surface area contributed by atoms with Gasteiger partial charge in [-0.15, -0.1) is 5.10 Å². The number of anilines is 1. The molecule has 0 aliphatic rings.